The number of ether oxygens (including phenoxy) is 2. The summed E-state index contributed by atoms with van der Waals surface area (Å²) in [5, 5.41) is 0. The average Bonchev–Trinajstić information content (AvgIpc) is 2.46. The van der Waals surface area contributed by atoms with E-state index in [0.717, 1.165) is 11.1 Å². The van der Waals surface area contributed by atoms with E-state index in [1.54, 1.807) is 18.2 Å². The maximum Gasteiger partial charge on any atom is 0.306 e. The van der Waals surface area contributed by atoms with E-state index in [9.17, 15) is 9.59 Å². The topological polar surface area (TPSA) is 52.6 Å². The van der Waals surface area contributed by atoms with E-state index in [0.29, 0.717) is 0 Å². The van der Waals surface area contributed by atoms with Gasteiger partial charge in [-0.1, -0.05) is 36.1 Å². The molecule has 0 N–H and O–H groups in total. The van der Waals surface area contributed by atoms with Gasteiger partial charge in [0, 0.05) is 37.5 Å². The van der Waals surface area contributed by atoms with Gasteiger partial charge < -0.3 is 9.47 Å². The van der Waals surface area contributed by atoms with E-state index in [-0.39, 0.29) is 6.42 Å². The fraction of sp³-hybridized carbons (Fsp3) is 0.222. The zero-order valence-corrected chi connectivity index (χ0v) is 12.5. The minimum atomic E-state index is -1.37. The lowest BCUT2D eigenvalue weighted by Gasteiger charge is -2.29. The third kappa shape index (κ3) is 4.35. The quantitative estimate of drug-likeness (QED) is 0.478. The molecule has 0 fully saturated rings. The number of allylic oxidation sites excluding steroid dienone is 2. The summed E-state index contributed by atoms with van der Waals surface area (Å²) in [6.07, 6.45) is 5.25. The van der Waals surface area contributed by atoms with Crippen molar-refractivity contribution in [1.82, 2.24) is 0 Å². The Morgan fingerprint density at radius 2 is 1.68 bits per heavy atom. The summed E-state index contributed by atoms with van der Waals surface area (Å²) in [4.78, 5) is 22.4. The number of esters is 2. The summed E-state index contributed by atoms with van der Waals surface area (Å²) in [5.74, 6) is 3.67. The molecule has 1 aliphatic rings. The second-order valence-corrected chi connectivity index (χ2v) is 4.81. The van der Waals surface area contributed by atoms with Crippen LogP contribution < -0.4 is 0 Å². The van der Waals surface area contributed by atoms with Crippen LogP contribution in [0.4, 0.5) is 0 Å². The monoisotopic (exact) mass is 296 g/mol. The van der Waals surface area contributed by atoms with Crippen LogP contribution in [-0.2, 0) is 19.1 Å². The van der Waals surface area contributed by atoms with Gasteiger partial charge in [-0.2, -0.15) is 0 Å². The highest BCUT2D eigenvalue weighted by atomic mass is 16.7. The Labute approximate surface area is 129 Å². The van der Waals surface area contributed by atoms with Crippen molar-refractivity contribution in [2.45, 2.75) is 26.1 Å². The molecule has 4 heteroatoms. The molecule has 0 aromatic heterocycles. The van der Waals surface area contributed by atoms with Crippen molar-refractivity contribution in [2.75, 3.05) is 0 Å². The maximum atomic E-state index is 11.2. The van der Waals surface area contributed by atoms with Gasteiger partial charge >= 0.3 is 11.9 Å². The Morgan fingerprint density at radius 3 is 2.18 bits per heavy atom. The van der Waals surface area contributed by atoms with Crippen molar-refractivity contribution >= 4 is 11.9 Å². The lowest BCUT2D eigenvalue weighted by atomic mass is 10.0. The van der Waals surface area contributed by atoms with E-state index in [2.05, 4.69) is 11.8 Å². The Bertz CT molecular complexity index is 671. The fourth-order valence-corrected chi connectivity index (χ4v) is 2.02. The molecule has 4 nitrogen and oxygen atoms in total. The first-order valence-electron chi connectivity index (χ1n) is 6.85. The summed E-state index contributed by atoms with van der Waals surface area (Å²) >= 11 is 0. The largest absolute Gasteiger partial charge is 0.418 e. The molecule has 0 heterocycles. The first kappa shape index (κ1) is 15.6. The van der Waals surface area contributed by atoms with Crippen LogP contribution in [0.2, 0.25) is 0 Å². The third-order valence-electron chi connectivity index (χ3n) is 2.88. The highest BCUT2D eigenvalue weighted by molar-refractivity contribution is 5.69. The van der Waals surface area contributed by atoms with Gasteiger partial charge in [0.25, 0.3) is 5.79 Å². The van der Waals surface area contributed by atoms with Crippen molar-refractivity contribution in [3.8, 4) is 11.8 Å². The molecule has 0 atom stereocenters. The minimum Gasteiger partial charge on any atom is -0.418 e. The molecular formula is C18H16O4. The molecule has 0 saturated carbocycles. The van der Waals surface area contributed by atoms with Gasteiger partial charge in [0.2, 0.25) is 0 Å². The number of carbonyl (C=O) groups excluding carboxylic acids is 2. The van der Waals surface area contributed by atoms with Crippen molar-refractivity contribution < 1.29 is 19.1 Å². The van der Waals surface area contributed by atoms with Crippen molar-refractivity contribution in [3.05, 3.63) is 59.7 Å². The molecular weight excluding hydrogens is 280 g/mol. The van der Waals surface area contributed by atoms with Gasteiger partial charge in [0.15, 0.2) is 0 Å². The normalized spacial score (nSPS) is 15.1. The van der Waals surface area contributed by atoms with Crippen LogP contribution in [0, 0.1) is 11.8 Å². The Morgan fingerprint density at radius 1 is 1.05 bits per heavy atom. The lowest BCUT2D eigenvalue weighted by molar-refractivity contribution is -0.208. The van der Waals surface area contributed by atoms with Gasteiger partial charge in [-0.15, -0.1) is 0 Å². The molecule has 112 valence electrons. The van der Waals surface area contributed by atoms with Crippen molar-refractivity contribution in [2.24, 2.45) is 0 Å². The summed E-state index contributed by atoms with van der Waals surface area (Å²) in [7, 11) is 0. The Hall–Kier alpha value is -2.80. The van der Waals surface area contributed by atoms with Crippen LogP contribution >= 0.6 is 0 Å². The predicted molar refractivity (Wildman–Crippen MR) is 81.4 cm³/mol. The molecule has 0 bridgehead atoms. The number of hydrogen-bond donors (Lipinski definition) is 0. The lowest BCUT2D eigenvalue weighted by Crippen LogP contribution is -2.37. The van der Waals surface area contributed by atoms with E-state index in [1.165, 1.54) is 13.8 Å². The highest BCUT2D eigenvalue weighted by Crippen LogP contribution is 2.27. The van der Waals surface area contributed by atoms with Crippen LogP contribution in [0.3, 0.4) is 0 Å². The van der Waals surface area contributed by atoms with Crippen molar-refractivity contribution in [1.29, 1.82) is 0 Å². The Kier molecular flexibility index (Phi) is 4.80. The Balaban J connectivity index is 2.13. The number of benzene rings is 1. The van der Waals surface area contributed by atoms with E-state index < -0.39 is 17.7 Å². The standard InChI is InChI=1S/C18H16O4/c1-14(19)21-18(22-15(2)20)12-10-17(11-13-18)9-8-16-6-4-3-5-7-16/h3-7,10-12H,13H2,1-2H3. The fourth-order valence-electron chi connectivity index (χ4n) is 2.02. The molecule has 0 amide bonds. The average molecular weight is 296 g/mol. The van der Waals surface area contributed by atoms with E-state index >= 15 is 0 Å². The molecule has 0 spiro atoms. The first-order chi connectivity index (χ1) is 10.5. The zero-order valence-electron chi connectivity index (χ0n) is 12.5. The second kappa shape index (κ2) is 6.77. The molecule has 1 aliphatic carbocycles. The molecule has 1 aromatic rings. The predicted octanol–water partition coefficient (Wildman–Crippen LogP) is 2.75. The SMILES string of the molecule is CC(=O)OC1(OC(C)=O)C=CC(C#Cc2ccccc2)=CC1. The highest BCUT2D eigenvalue weighted by Gasteiger charge is 2.35. The van der Waals surface area contributed by atoms with E-state index in [1.807, 2.05) is 30.3 Å². The molecule has 1 aromatic carbocycles. The van der Waals surface area contributed by atoms with Gasteiger partial charge in [0.1, 0.15) is 0 Å². The number of carbonyl (C=O) groups is 2. The number of rotatable bonds is 2. The zero-order chi connectivity index (χ0) is 16.0. The van der Waals surface area contributed by atoms with Crippen LogP contribution in [-0.4, -0.2) is 17.7 Å². The molecule has 2 rings (SSSR count). The van der Waals surface area contributed by atoms with Crippen LogP contribution in [0.15, 0.2) is 54.1 Å². The minimum absolute atomic E-state index is 0.238. The molecule has 22 heavy (non-hydrogen) atoms. The molecule has 0 radical (unpaired) electrons. The molecule has 0 unspecified atom stereocenters. The van der Waals surface area contributed by atoms with Gasteiger partial charge in [0.05, 0.1) is 0 Å². The van der Waals surface area contributed by atoms with E-state index in [4.69, 9.17) is 9.47 Å². The van der Waals surface area contributed by atoms with Gasteiger partial charge in [-0.3, -0.25) is 9.59 Å². The van der Waals surface area contributed by atoms with Crippen molar-refractivity contribution in [3.63, 3.8) is 0 Å². The van der Waals surface area contributed by atoms with Crippen LogP contribution in [0.1, 0.15) is 25.8 Å². The van der Waals surface area contributed by atoms with Crippen LogP contribution in [0.25, 0.3) is 0 Å². The summed E-state index contributed by atoms with van der Waals surface area (Å²) in [6.45, 7) is 2.54. The summed E-state index contributed by atoms with van der Waals surface area (Å²) < 4.78 is 10.3. The number of hydrogen-bond acceptors (Lipinski definition) is 4. The smallest absolute Gasteiger partial charge is 0.306 e. The maximum absolute atomic E-state index is 11.2. The van der Waals surface area contributed by atoms with Crippen LogP contribution in [0.5, 0.6) is 0 Å². The third-order valence-corrected chi connectivity index (χ3v) is 2.88. The molecule has 0 aliphatic heterocycles. The summed E-state index contributed by atoms with van der Waals surface area (Å²) in [5.41, 5.74) is 1.69. The molecule has 0 saturated heterocycles. The summed E-state index contributed by atoms with van der Waals surface area (Å²) in [6, 6.07) is 9.60. The first-order valence-corrected chi connectivity index (χ1v) is 6.85. The van der Waals surface area contributed by atoms with Gasteiger partial charge in [-0.05, 0) is 18.2 Å². The second-order valence-electron chi connectivity index (χ2n) is 4.81. The van der Waals surface area contributed by atoms with Gasteiger partial charge in [-0.25, -0.2) is 0 Å².